The Hall–Kier alpha value is -4.74. The number of hydrogen-bond acceptors (Lipinski definition) is 1. The van der Waals surface area contributed by atoms with Gasteiger partial charge in [0.2, 0.25) is 0 Å². The van der Waals surface area contributed by atoms with Gasteiger partial charge in [0.05, 0.1) is 0 Å². The summed E-state index contributed by atoms with van der Waals surface area (Å²) in [6, 6.07) is 28.9. The van der Waals surface area contributed by atoms with Gasteiger partial charge in [-0.1, -0.05) is 72.8 Å². The molecule has 0 aliphatic rings. The summed E-state index contributed by atoms with van der Waals surface area (Å²) < 4.78 is 61.5. The Kier molecular flexibility index (Phi) is 4.45. The molecule has 0 spiro atoms. The van der Waals surface area contributed by atoms with Crippen LogP contribution >= 0.6 is 11.3 Å². The van der Waals surface area contributed by atoms with E-state index < -0.39 is 23.3 Å². The van der Waals surface area contributed by atoms with E-state index in [-0.39, 0.29) is 0 Å². The Morgan fingerprint density at radius 3 is 1.12 bits per heavy atom. The normalized spacial score (nSPS) is 12.4. The molecule has 41 heavy (non-hydrogen) atoms. The van der Waals surface area contributed by atoms with Gasteiger partial charge in [0.1, 0.15) is 0 Å². The Morgan fingerprint density at radius 2 is 0.707 bits per heavy atom. The van der Waals surface area contributed by atoms with Gasteiger partial charge in [-0.05, 0) is 78.1 Å². The van der Waals surface area contributed by atoms with E-state index in [9.17, 15) is 17.6 Å². The van der Waals surface area contributed by atoms with E-state index in [1.165, 1.54) is 24.3 Å². The van der Waals surface area contributed by atoms with Crippen LogP contribution in [0.5, 0.6) is 0 Å². The molecule has 5 heteroatoms. The van der Waals surface area contributed by atoms with Crippen molar-refractivity contribution in [3.05, 3.63) is 120 Å². The van der Waals surface area contributed by atoms with Crippen molar-refractivity contribution in [2.75, 3.05) is 0 Å². The molecule has 8 aromatic carbocycles. The highest BCUT2D eigenvalue weighted by Gasteiger charge is 2.23. The van der Waals surface area contributed by atoms with Crippen LogP contribution in [0.1, 0.15) is 0 Å². The van der Waals surface area contributed by atoms with Crippen LogP contribution in [-0.2, 0) is 0 Å². The molecular weight excluding hydrogens is 540 g/mol. The minimum atomic E-state index is -0.953. The molecule has 0 atom stereocenters. The van der Waals surface area contributed by atoms with Gasteiger partial charge in [0, 0.05) is 30.9 Å². The number of benzene rings is 8. The van der Waals surface area contributed by atoms with Crippen molar-refractivity contribution in [2.45, 2.75) is 0 Å². The van der Waals surface area contributed by atoms with Crippen molar-refractivity contribution in [2.24, 2.45) is 0 Å². The number of fused-ring (bicyclic) bond motifs is 17. The molecule has 0 saturated heterocycles. The fraction of sp³-hybridized carbons (Fsp3) is 0. The smallest absolute Gasteiger partial charge is 0.159 e. The maximum Gasteiger partial charge on any atom is 0.159 e. The molecule has 0 saturated carbocycles. The lowest BCUT2D eigenvalue weighted by molar-refractivity contribution is 0.511. The maximum atomic E-state index is 15.0. The molecule has 0 N–H and O–H groups in total. The second-order valence-electron chi connectivity index (χ2n) is 10.6. The molecule has 9 aromatic rings. The Morgan fingerprint density at radius 1 is 0.341 bits per heavy atom. The first-order chi connectivity index (χ1) is 20.0. The number of rotatable bonds is 0. The molecule has 0 aliphatic carbocycles. The molecule has 194 valence electrons. The van der Waals surface area contributed by atoms with Crippen molar-refractivity contribution >= 4 is 96.1 Å². The van der Waals surface area contributed by atoms with Crippen molar-refractivity contribution in [3.8, 4) is 0 Å². The van der Waals surface area contributed by atoms with E-state index in [0.29, 0.717) is 32.3 Å². The lowest BCUT2D eigenvalue weighted by atomic mass is 9.90. The van der Waals surface area contributed by atoms with Crippen molar-refractivity contribution in [1.82, 2.24) is 0 Å². The molecule has 0 unspecified atom stereocenters. The zero-order chi connectivity index (χ0) is 27.6. The third-order valence-corrected chi connectivity index (χ3v) is 9.71. The Labute approximate surface area is 233 Å². The summed E-state index contributed by atoms with van der Waals surface area (Å²) >= 11 is 1.56. The van der Waals surface area contributed by atoms with E-state index in [2.05, 4.69) is 0 Å². The predicted molar refractivity (Wildman–Crippen MR) is 164 cm³/mol. The summed E-state index contributed by atoms with van der Waals surface area (Å²) in [7, 11) is 0. The van der Waals surface area contributed by atoms with Gasteiger partial charge in [-0.2, -0.15) is 0 Å². The average Bonchev–Trinajstić information content (AvgIpc) is 3.40. The highest BCUT2D eigenvalue weighted by molar-refractivity contribution is 7.28. The lowest BCUT2D eigenvalue weighted by Crippen LogP contribution is -1.90. The minimum absolute atomic E-state index is 0.542. The summed E-state index contributed by atoms with van der Waals surface area (Å²) in [5, 5.41) is 11.0. The fourth-order valence-electron chi connectivity index (χ4n) is 6.75. The number of hydrogen-bond donors (Lipinski definition) is 0. The standard InChI is InChI=1S/C36H16F4S/c37-27-13-23-25(15-29(27)39)33-34-26-16-30(40)28(38)14-24(26)32-20-8-4-2-6-18(20)10-12-22(32)36(34)41-35(33)21-11-9-17-5-1-3-7-19(17)31(21)23/h1-16H. The first-order valence-electron chi connectivity index (χ1n) is 13.2. The van der Waals surface area contributed by atoms with Crippen molar-refractivity contribution < 1.29 is 17.6 Å². The van der Waals surface area contributed by atoms with Crippen LogP contribution in [0.3, 0.4) is 0 Å². The fourth-order valence-corrected chi connectivity index (χ4v) is 8.14. The SMILES string of the molecule is Fc1cc2c(cc1F)c1c(sc3c4ccc5ccccc5c4c4cc(F)c(F)cc4c31)c1ccc3ccccc3c21. The molecule has 0 aliphatic heterocycles. The summed E-state index contributed by atoms with van der Waals surface area (Å²) in [6.07, 6.45) is 0. The van der Waals surface area contributed by atoms with Crippen molar-refractivity contribution in [3.63, 3.8) is 0 Å². The van der Waals surface area contributed by atoms with E-state index >= 15 is 0 Å². The van der Waals surface area contributed by atoms with Crippen molar-refractivity contribution in [1.29, 1.82) is 0 Å². The number of thiophene rings is 1. The maximum absolute atomic E-state index is 15.0. The van der Waals surface area contributed by atoms with E-state index in [1.807, 2.05) is 72.8 Å². The summed E-state index contributed by atoms with van der Waals surface area (Å²) in [4.78, 5) is 0. The summed E-state index contributed by atoms with van der Waals surface area (Å²) in [6.45, 7) is 0. The molecule has 1 heterocycles. The van der Waals surface area contributed by atoms with Crippen LogP contribution in [0, 0.1) is 23.3 Å². The van der Waals surface area contributed by atoms with Crippen LogP contribution in [-0.4, -0.2) is 0 Å². The third kappa shape index (κ3) is 2.94. The lowest BCUT2D eigenvalue weighted by Gasteiger charge is -2.13. The monoisotopic (exact) mass is 556 g/mol. The average molecular weight is 557 g/mol. The topological polar surface area (TPSA) is 0 Å². The van der Waals surface area contributed by atoms with Gasteiger partial charge >= 0.3 is 0 Å². The molecule has 0 fully saturated rings. The van der Waals surface area contributed by atoms with E-state index in [0.717, 1.165) is 52.5 Å². The van der Waals surface area contributed by atoms with Crippen LogP contribution in [0.4, 0.5) is 17.6 Å². The molecule has 9 rings (SSSR count). The van der Waals surface area contributed by atoms with E-state index in [1.54, 1.807) is 11.3 Å². The Balaban J connectivity index is 1.67. The molecular formula is C36H16F4S. The van der Waals surface area contributed by atoms with Gasteiger partial charge in [-0.3, -0.25) is 0 Å². The molecule has 0 amide bonds. The molecule has 1 aromatic heterocycles. The highest BCUT2D eigenvalue weighted by Crippen LogP contribution is 2.51. The first-order valence-corrected chi connectivity index (χ1v) is 14.0. The minimum Gasteiger partial charge on any atom is -0.204 e. The summed E-state index contributed by atoms with van der Waals surface area (Å²) in [5.74, 6) is -3.77. The van der Waals surface area contributed by atoms with E-state index in [4.69, 9.17) is 0 Å². The molecule has 0 nitrogen and oxygen atoms in total. The second-order valence-corrected chi connectivity index (χ2v) is 11.6. The zero-order valence-electron chi connectivity index (χ0n) is 21.2. The van der Waals surface area contributed by atoms with Gasteiger partial charge in [-0.25, -0.2) is 17.6 Å². The van der Waals surface area contributed by atoms with Gasteiger partial charge in [-0.15, -0.1) is 11.3 Å². The van der Waals surface area contributed by atoms with Crippen LogP contribution in [0.2, 0.25) is 0 Å². The highest BCUT2D eigenvalue weighted by atomic mass is 32.1. The second kappa shape index (κ2) is 7.93. The zero-order valence-corrected chi connectivity index (χ0v) is 22.0. The molecule has 0 radical (unpaired) electrons. The first kappa shape index (κ1) is 23.0. The van der Waals surface area contributed by atoms with Crippen LogP contribution < -0.4 is 0 Å². The van der Waals surface area contributed by atoms with Gasteiger partial charge < -0.3 is 0 Å². The molecule has 0 bridgehead atoms. The van der Waals surface area contributed by atoms with Crippen LogP contribution in [0.25, 0.3) is 84.8 Å². The van der Waals surface area contributed by atoms with Gasteiger partial charge in [0.15, 0.2) is 23.3 Å². The predicted octanol–water partition coefficient (Wildman–Crippen LogP) is 11.5. The Bertz CT molecular complexity index is 2450. The number of halogens is 4. The van der Waals surface area contributed by atoms with Crippen LogP contribution in [0.15, 0.2) is 97.1 Å². The largest absolute Gasteiger partial charge is 0.204 e. The van der Waals surface area contributed by atoms with Gasteiger partial charge in [0.25, 0.3) is 0 Å². The third-order valence-electron chi connectivity index (χ3n) is 8.45. The quantitative estimate of drug-likeness (QED) is 0.129. The summed E-state index contributed by atoms with van der Waals surface area (Å²) in [5.41, 5.74) is 0.